The predicted molar refractivity (Wildman–Crippen MR) is 80.1 cm³/mol. The minimum atomic E-state index is 0.885. The highest BCUT2D eigenvalue weighted by atomic mass is 15.2. The molecule has 3 heteroatoms. The first-order chi connectivity index (χ1) is 9.15. The van der Waals surface area contributed by atoms with E-state index in [4.69, 9.17) is 0 Å². The third-order valence-electron chi connectivity index (χ3n) is 3.31. The van der Waals surface area contributed by atoms with E-state index >= 15 is 0 Å². The second-order valence-electron chi connectivity index (χ2n) is 5.10. The summed E-state index contributed by atoms with van der Waals surface area (Å²) in [4.78, 5) is 0. The normalized spacial score (nSPS) is 10.9. The van der Waals surface area contributed by atoms with Crippen molar-refractivity contribution in [3.05, 3.63) is 41.2 Å². The van der Waals surface area contributed by atoms with Gasteiger partial charge in [-0.25, -0.2) is 0 Å². The first-order valence-corrected chi connectivity index (χ1v) is 6.92. The van der Waals surface area contributed by atoms with Crippen molar-refractivity contribution in [3.8, 4) is 11.1 Å². The maximum Gasteiger partial charge on any atom is 0.0702 e. The number of aryl methyl sites for hydroxylation is 3. The van der Waals surface area contributed by atoms with Crippen molar-refractivity contribution in [1.29, 1.82) is 0 Å². The summed E-state index contributed by atoms with van der Waals surface area (Å²) in [5, 5.41) is 7.85. The molecule has 1 aromatic heterocycles. The summed E-state index contributed by atoms with van der Waals surface area (Å²) < 4.78 is 1.92. The quantitative estimate of drug-likeness (QED) is 0.892. The molecule has 1 aromatic carbocycles. The Morgan fingerprint density at radius 1 is 1.26 bits per heavy atom. The first-order valence-electron chi connectivity index (χ1n) is 6.92. The van der Waals surface area contributed by atoms with Crippen molar-refractivity contribution in [2.45, 2.75) is 33.2 Å². The molecule has 0 aliphatic heterocycles. The second-order valence-corrected chi connectivity index (χ2v) is 5.10. The van der Waals surface area contributed by atoms with Gasteiger partial charge >= 0.3 is 0 Å². The van der Waals surface area contributed by atoms with E-state index in [1.165, 1.54) is 27.9 Å². The molecular formula is C16H23N3. The Labute approximate surface area is 115 Å². The lowest BCUT2D eigenvalue weighted by Crippen LogP contribution is -2.06. The van der Waals surface area contributed by atoms with Crippen LogP contribution in [0.4, 0.5) is 0 Å². The summed E-state index contributed by atoms with van der Waals surface area (Å²) >= 11 is 0. The Morgan fingerprint density at radius 2 is 2.05 bits per heavy atom. The summed E-state index contributed by atoms with van der Waals surface area (Å²) in [7, 11) is 3.98. The van der Waals surface area contributed by atoms with Gasteiger partial charge in [0.25, 0.3) is 0 Å². The zero-order chi connectivity index (χ0) is 13.8. The van der Waals surface area contributed by atoms with Crippen molar-refractivity contribution < 1.29 is 0 Å². The zero-order valence-corrected chi connectivity index (χ0v) is 12.3. The minimum Gasteiger partial charge on any atom is -0.316 e. The lowest BCUT2D eigenvalue weighted by molar-refractivity contribution is 0.733. The van der Waals surface area contributed by atoms with Gasteiger partial charge in [-0.3, -0.25) is 4.68 Å². The average Bonchev–Trinajstić information content (AvgIpc) is 2.73. The maximum absolute atomic E-state index is 4.60. The zero-order valence-electron chi connectivity index (χ0n) is 12.3. The minimum absolute atomic E-state index is 0.885. The molecule has 2 rings (SSSR count). The Balaban J connectivity index is 2.53. The van der Waals surface area contributed by atoms with E-state index in [-0.39, 0.29) is 0 Å². The van der Waals surface area contributed by atoms with Gasteiger partial charge in [0, 0.05) is 25.4 Å². The van der Waals surface area contributed by atoms with Crippen LogP contribution in [0.2, 0.25) is 0 Å². The summed E-state index contributed by atoms with van der Waals surface area (Å²) in [5.41, 5.74) is 6.41. The molecule has 0 saturated heterocycles. The average molecular weight is 257 g/mol. The second kappa shape index (κ2) is 6.02. The van der Waals surface area contributed by atoms with Crippen molar-refractivity contribution in [1.82, 2.24) is 15.1 Å². The largest absolute Gasteiger partial charge is 0.316 e. The summed E-state index contributed by atoms with van der Waals surface area (Å²) in [6, 6.07) is 6.65. The van der Waals surface area contributed by atoms with E-state index in [9.17, 15) is 0 Å². The highest BCUT2D eigenvalue weighted by Gasteiger charge is 2.12. The van der Waals surface area contributed by atoms with Crippen LogP contribution in [0, 0.1) is 6.92 Å². The predicted octanol–water partition coefficient (Wildman–Crippen LogP) is 3.07. The molecule has 0 amide bonds. The number of hydrogen-bond donors (Lipinski definition) is 1. The molecule has 3 nitrogen and oxygen atoms in total. The van der Waals surface area contributed by atoms with E-state index in [0.29, 0.717) is 0 Å². The lowest BCUT2D eigenvalue weighted by atomic mass is 9.96. The molecule has 102 valence electrons. The van der Waals surface area contributed by atoms with Crippen LogP contribution >= 0.6 is 0 Å². The monoisotopic (exact) mass is 257 g/mol. The van der Waals surface area contributed by atoms with Gasteiger partial charge in [0.2, 0.25) is 0 Å². The number of nitrogens with zero attached hydrogens (tertiary/aromatic N) is 2. The number of rotatable bonds is 5. The van der Waals surface area contributed by atoms with Crippen LogP contribution < -0.4 is 5.32 Å². The standard InChI is InChI=1S/C16H23N3/c1-5-6-16-15(11-19(4)18-16)14-9-12(2)7-8-13(14)10-17-3/h7-9,11,17H,5-6,10H2,1-4H3. The Bertz CT molecular complexity index is 555. The topological polar surface area (TPSA) is 29.9 Å². The molecule has 0 atom stereocenters. The molecule has 19 heavy (non-hydrogen) atoms. The molecular weight excluding hydrogens is 234 g/mol. The number of nitrogens with one attached hydrogen (secondary N) is 1. The number of benzene rings is 1. The molecule has 0 fully saturated rings. The first kappa shape index (κ1) is 13.8. The van der Waals surface area contributed by atoms with Crippen LogP contribution in [-0.2, 0) is 20.0 Å². The van der Waals surface area contributed by atoms with Crippen LogP contribution in [0.1, 0.15) is 30.2 Å². The van der Waals surface area contributed by atoms with Crippen LogP contribution in [0.25, 0.3) is 11.1 Å². The molecule has 1 N–H and O–H groups in total. The van der Waals surface area contributed by atoms with E-state index < -0.39 is 0 Å². The van der Waals surface area contributed by atoms with E-state index in [1.807, 2.05) is 18.8 Å². The lowest BCUT2D eigenvalue weighted by Gasteiger charge is -2.10. The maximum atomic E-state index is 4.60. The Morgan fingerprint density at radius 3 is 2.74 bits per heavy atom. The van der Waals surface area contributed by atoms with Gasteiger partial charge in [-0.1, -0.05) is 37.1 Å². The highest BCUT2D eigenvalue weighted by Crippen LogP contribution is 2.28. The molecule has 0 radical (unpaired) electrons. The fraction of sp³-hybridized carbons (Fsp3) is 0.438. The molecule has 0 spiro atoms. The molecule has 0 aliphatic carbocycles. The fourth-order valence-electron chi connectivity index (χ4n) is 2.47. The molecule has 2 aromatic rings. The Hall–Kier alpha value is -1.61. The third kappa shape index (κ3) is 3.04. The van der Waals surface area contributed by atoms with Gasteiger partial charge in [0.15, 0.2) is 0 Å². The van der Waals surface area contributed by atoms with Gasteiger partial charge in [0.05, 0.1) is 5.69 Å². The van der Waals surface area contributed by atoms with Crippen molar-refractivity contribution in [3.63, 3.8) is 0 Å². The van der Waals surface area contributed by atoms with Crippen LogP contribution in [0.15, 0.2) is 24.4 Å². The number of hydrogen-bond acceptors (Lipinski definition) is 2. The summed E-state index contributed by atoms with van der Waals surface area (Å²) in [6.07, 6.45) is 4.29. The summed E-state index contributed by atoms with van der Waals surface area (Å²) in [6.45, 7) is 5.22. The van der Waals surface area contributed by atoms with Crippen LogP contribution in [0.3, 0.4) is 0 Å². The van der Waals surface area contributed by atoms with Gasteiger partial charge in [-0.05, 0) is 31.5 Å². The summed E-state index contributed by atoms with van der Waals surface area (Å²) in [5.74, 6) is 0. The number of aromatic nitrogens is 2. The fourth-order valence-corrected chi connectivity index (χ4v) is 2.47. The van der Waals surface area contributed by atoms with Gasteiger partial charge in [-0.15, -0.1) is 0 Å². The molecule has 1 heterocycles. The molecule has 0 unspecified atom stereocenters. The van der Waals surface area contributed by atoms with Crippen molar-refractivity contribution in [2.75, 3.05) is 7.05 Å². The van der Waals surface area contributed by atoms with Crippen molar-refractivity contribution >= 4 is 0 Å². The SMILES string of the molecule is CCCc1nn(C)cc1-c1cc(C)ccc1CNC. The van der Waals surface area contributed by atoms with E-state index in [1.54, 1.807) is 0 Å². The van der Waals surface area contributed by atoms with Crippen LogP contribution in [-0.4, -0.2) is 16.8 Å². The van der Waals surface area contributed by atoms with E-state index in [0.717, 1.165) is 19.4 Å². The van der Waals surface area contributed by atoms with E-state index in [2.05, 4.69) is 48.7 Å². The third-order valence-corrected chi connectivity index (χ3v) is 3.31. The van der Waals surface area contributed by atoms with Gasteiger partial charge in [0.1, 0.15) is 0 Å². The van der Waals surface area contributed by atoms with Gasteiger partial charge < -0.3 is 5.32 Å². The molecule has 0 aliphatic rings. The van der Waals surface area contributed by atoms with Crippen LogP contribution in [0.5, 0.6) is 0 Å². The van der Waals surface area contributed by atoms with Crippen molar-refractivity contribution in [2.24, 2.45) is 7.05 Å². The Kier molecular flexibility index (Phi) is 4.38. The molecule has 0 saturated carbocycles. The molecule has 0 bridgehead atoms. The van der Waals surface area contributed by atoms with Gasteiger partial charge in [-0.2, -0.15) is 5.10 Å². The highest BCUT2D eigenvalue weighted by molar-refractivity contribution is 5.70. The smallest absolute Gasteiger partial charge is 0.0702 e.